The zero-order chi connectivity index (χ0) is 9.10. The van der Waals surface area contributed by atoms with Crippen molar-refractivity contribution >= 4 is 6.09 Å². The van der Waals surface area contributed by atoms with E-state index < -0.39 is 0 Å². The lowest BCUT2D eigenvalue weighted by molar-refractivity contribution is 0.151. The number of nitrogens with zero attached hydrogens (tertiary/aromatic N) is 1. The number of alkyl carbamates (subject to hydrolysis) is 1. The molecule has 2 rings (SSSR count). The first kappa shape index (κ1) is 8.81. The third-order valence-electron chi connectivity index (χ3n) is 2.74. The van der Waals surface area contributed by atoms with Crippen LogP contribution in [-0.2, 0) is 4.74 Å². The van der Waals surface area contributed by atoms with Crippen LogP contribution in [0.2, 0.25) is 0 Å². The van der Waals surface area contributed by atoms with E-state index in [0.717, 1.165) is 13.1 Å². The molecule has 0 aliphatic carbocycles. The highest BCUT2D eigenvalue weighted by atomic mass is 16.6. The van der Waals surface area contributed by atoms with Gasteiger partial charge in [0.05, 0.1) is 0 Å². The van der Waals surface area contributed by atoms with E-state index in [1.807, 2.05) is 0 Å². The molecule has 1 N–H and O–H groups in total. The molecular weight excluding hydrogens is 168 g/mol. The third-order valence-corrected chi connectivity index (χ3v) is 2.74. The normalized spacial score (nSPS) is 30.8. The molecule has 2 aliphatic heterocycles. The van der Waals surface area contributed by atoms with Crippen LogP contribution in [0, 0.1) is 0 Å². The molecule has 2 saturated heterocycles. The Hall–Kier alpha value is -0.770. The molecule has 0 aromatic rings. The van der Waals surface area contributed by atoms with E-state index in [1.165, 1.54) is 25.7 Å². The molecule has 0 aromatic carbocycles. The lowest BCUT2D eigenvalue weighted by Gasteiger charge is -2.24. The maximum atomic E-state index is 10.8. The van der Waals surface area contributed by atoms with Crippen LogP contribution in [0.4, 0.5) is 4.79 Å². The van der Waals surface area contributed by atoms with Crippen LogP contribution in [0.5, 0.6) is 0 Å². The Morgan fingerprint density at radius 2 is 1.92 bits per heavy atom. The summed E-state index contributed by atoms with van der Waals surface area (Å²) < 4.78 is 4.87. The maximum Gasteiger partial charge on any atom is 0.408 e. The molecular formula is C9H16N2O2. The molecule has 74 valence electrons. The van der Waals surface area contributed by atoms with Gasteiger partial charge < -0.3 is 10.1 Å². The van der Waals surface area contributed by atoms with E-state index >= 15 is 0 Å². The van der Waals surface area contributed by atoms with Gasteiger partial charge in [0.15, 0.2) is 0 Å². The second-order valence-electron chi connectivity index (χ2n) is 3.71. The first-order valence-corrected chi connectivity index (χ1v) is 5.03. The fraction of sp³-hybridized carbons (Fsp3) is 0.889. The number of hydrogen-bond acceptors (Lipinski definition) is 3. The van der Waals surface area contributed by atoms with Crippen molar-refractivity contribution in [2.75, 3.05) is 19.7 Å². The predicted molar refractivity (Wildman–Crippen MR) is 48.3 cm³/mol. The zero-order valence-electron chi connectivity index (χ0n) is 7.79. The van der Waals surface area contributed by atoms with Gasteiger partial charge in [0.1, 0.15) is 12.8 Å². The fourth-order valence-corrected chi connectivity index (χ4v) is 1.98. The minimum atomic E-state index is -0.269. The van der Waals surface area contributed by atoms with Crippen molar-refractivity contribution in [1.29, 1.82) is 0 Å². The Bertz CT molecular complexity index is 188. The van der Waals surface area contributed by atoms with E-state index in [1.54, 1.807) is 0 Å². The Morgan fingerprint density at radius 3 is 2.46 bits per heavy atom. The van der Waals surface area contributed by atoms with Crippen LogP contribution in [0.1, 0.15) is 25.7 Å². The maximum absolute atomic E-state index is 10.8. The van der Waals surface area contributed by atoms with Gasteiger partial charge in [-0.05, 0) is 12.8 Å². The van der Waals surface area contributed by atoms with Crippen molar-refractivity contribution < 1.29 is 9.53 Å². The molecule has 2 aliphatic rings. The zero-order valence-corrected chi connectivity index (χ0v) is 7.79. The van der Waals surface area contributed by atoms with Crippen LogP contribution in [-0.4, -0.2) is 36.9 Å². The van der Waals surface area contributed by atoms with Crippen LogP contribution in [0.3, 0.4) is 0 Å². The molecule has 0 radical (unpaired) electrons. The molecule has 13 heavy (non-hydrogen) atoms. The first-order chi connectivity index (χ1) is 6.36. The Morgan fingerprint density at radius 1 is 1.23 bits per heavy atom. The second kappa shape index (κ2) is 3.96. The van der Waals surface area contributed by atoms with Gasteiger partial charge in [0, 0.05) is 13.1 Å². The molecule has 4 heteroatoms. The number of cyclic esters (lactones) is 1. The molecule has 0 spiro atoms. The summed E-state index contributed by atoms with van der Waals surface area (Å²) in [5, 5.41) is 2.82. The van der Waals surface area contributed by atoms with Gasteiger partial charge in [-0.15, -0.1) is 0 Å². The number of amides is 1. The minimum Gasteiger partial charge on any atom is -0.446 e. The average Bonchev–Trinajstić information content (AvgIpc) is 2.43. The topological polar surface area (TPSA) is 41.6 Å². The van der Waals surface area contributed by atoms with Gasteiger partial charge in [-0.2, -0.15) is 0 Å². The van der Waals surface area contributed by atoms with Gasteiger partial charge in [0.2, 0.25) is 0 Å². The summed E-state index contributed by atoms with van der Waals surface area (Å²) in [5.41, 5.74) is 0. The number of carbonyl (C=O) groups is 1. The highest BCUT2D eigenvalue weighted by Crippen LogP contribution is 2.13. The smallest absolute Gasteiger partial charge is 0.408 e. The average molecular weight is 184 g/mol. The van der Waals surface area contributed by atoms with Crippen LogP contribution in [0.25, 0.3) is 0 Å². The molecule has 1 unspecified atom stereocenters. The Kier molecular flexibility index (Phi) is 2.68. The molecule has 0 bridgehead atoms. The first-order valence-electron chi connectivity index (χ1n) is 5.03. The lowest BCUT2D eigenvalue weighted by Crippen LogP contribution is -2.44. The van der Waals surface area contributed by atoms with Gasteiger partial charge in [-0.25, -0.2) is 4.79 Å². The summed E-state index contributed by atoms with van der Waals surface area (Å²) in [5.74, 6) is 0. The summed E-state index contributed by atoms with van der Waals surface area (Å²) in [6, 6.07) is 0. The van der Waals surface area contributed by atoms with Crippen LogP contribution >= 0.6 is 0 Å². The van der Waals surface area contributed by atoms with Crippen molar-refractivity contribution in [1.82, 2.24) is 10.2 Å². The summed E-state index contributed by atoms with van der Waals surface area (Å²) in [6.45, 7) is 2.70. The molecule has 2 heterocycles. The van der Waals surface area contributed by atoms with Crippen LogP contribution < -0.4 is 5.32 Å². The van der Waals surface area contributed by atoms with Crippen LogP contribution in [0.15, 0.2) is 0 Å². The number of hydrogen-bond donors (Lipinski definition) is 1. The highest BCUT2D eigenvalue weighted by molar-refractivity contribution is 5.69. The molecule has 1 amide bonds. The largest absolute Gasteiger partial charge is 0.446 e. The fourth-order valence-electron chi connectivity index (χ4n) is 1.98. The molecule has 4 nitrogen and oxygen atoms in total. The quantitative estimate of drug-likeness (QED) is 0.659. The van der Waals surface area contributed by atoms with Gasteiger partial charge in [-0.3, -0.25) is 4.90 Å². The van der Waals surface area contributed by atoms with E-state index in [-0.39, 0.29) is 12.3 Å². The number of rotatable bonds is 1. The SMILES string of the molecule is O=C1NC(N2CCCCCC2)CO1. The van der Waals surface area contributed by atoms with E-state index in [2.05, 4.69) is 10.2 Å². The third kappa shape index (κ3) is 2.12. The standard InChI is InChI=1S/C9H16N2O2/c12-9-10-8(7-13-9)11-5-3-1-2-4-6-11/h8H,1-7H2,(H,10,12). The van der Waals surface area contributed by atoms with Gasteiger partial charge >= 0.3 is 6.09 Å². The summed E-state index contributed by atoms with van der Waals surface area (Å²) in [4.78, 5) is 13.1. The number of nitrogens with one attached hydrogen (secondary N) is 1. The Labute approximate surface area is 78.2 Å². The monoisotopic (exact) mass is 184 g/mol. The molecule has 1 atom stereocenters. The van der Waals surface area contributed by atoms with Crippen molar-refractivity contribution in [2.24, 2.45) is 0 Å². The van der Waals surface area contributed by atoms with Crippen molar-refractivity contribution in [2.45, 2.75) is 31.8 Å². The summed E-state index contributed by atoms with van der Waals surface area (Å²) >= 11 is 0. The van der Waals surface area contributed by atoms with E-state index in [4.69, 9.17) is 4.74 Å². The van der Waals surface area contributed by atoms with Crippen molar-refractivity contribution in [3.8, 4) is 0 Å². The Balaban J connectivity index is 1.87. The minimum absolute atomic E-state index is 0.130. The van der Waals surface area contributed by atoms with E-state index in [9.17, 15) is 4.79 Å². The van der Waals surface area contributed by atoms with Gasteiger partial charge in [0.25, 0.3) is 0 Å². The van der Waals surface area contributed by atoms with E-state index in [0.29, 0.717) is 6.61 Å². The second-order valence-corrected chi connectivity index (χ2v) is 3.71. The highest BCUT2D eigenvalue weighted by Gasteiger charge is 2.27. The molecule has 2 fully saturated rings. The number of ether oxygens (including phenoxy) is 1. The lowest BCUT2D eigenvalue weighted by atomic mass is 10.2. The summed E-state index contributed by atoms with van der Waals surface area (Å²) in [6.07, 6.45) is 4.98. The van der Waals surface area contributed by atoms with Crippen molar-refractivity contribution in [3.05, 3.63) is 0 Å². The predicted octanol–water partition coefficient (Wildman–Crippen LogP) is 0.928. The molecule has 0 aromatic heterocycles. The van der Waals surface area contributed by atoms with Gasteiger partial charge in [-0.1, -0.05) is 12.8 Å². The van der Waals surface area contributed by atoms with Crippen molar-refractivity contribution in [3.63, 3.8) is 0 Å². The summed E-state index contributed by atoms with van der Waals surface area (Å²) in [7, 11) is 0. The molecule has 0 saturated carbocycles. The number of carbonyl (C=O) groups excluding carboxylic acids is 1. The number of likely N-dealkylation sites (tertiary alicyclic amines) is 1.